The number of Topliss-reactive ketones (excluding diaryl/α,β-unsaturated/α-hetero) is 1. The number of allylic oxidation sites excluding steroid dienone is 1. The van der Waals surface area contributed by atoms with Gasteiger partial charge in [-0.1, -0.05) is 20.3 Å². The van der Waals surface area contributed by atoms with E-state index in [1.807, 2.05) is 41.5 Å². The molecule has 0 bridgehead atoms. The van der Waals surface area contributed by atoms with E-state index in [-0.39, 0.29) is 11.7 Å². The highest BCUT2D eigenvalue weighted by molar-refractivity contribution is 6.63. The van der Waals surface area contributed by atoms with E-state index in [2.05, 4.69) is 5.32 Å². The van der Waals surface area contributed by atoms with Crippen LogP contribution in [0.15, 0.2) is 11.7 Å². The Hall–Kier alpha value is -1.14. The maximum absolute atomic E-state index is 13.0. The highest BCUT2D eigenvalue weighted by Crippen LogP contribution is 2.42. The average Bonchev–Trinajstić information content (AvgIpc) is 2.63. The van der Waals surface area contributed by atoms with Crippen molar-refractivity contribution < 1.29 is 18.9 Å². The van der Waals surface area contributed by atoms with Gasteiger partial charge < -0.3 is 14.6 Å². The number of ketones is 1. The van der Waals surface area contributed by atoms with E-state index in [0.29, 0.717) is 18.3 Å². The van der Waals surface area contributed by atoms with Crippen LogP contribution in [0.1, 0.15) is 60.8 Å². The van der Waals surface area contributed by atoms with Crippen LogP contribution in [0.2, 0.25) is 0 Å². The Morgan fingerprint density at radius 2 is 1.64 bits per heavy atom. The summed E-state index contributed by atoms with van der Waals surface area (Å²) in [5.41, 5.74) is -1.61. The number of carbonyl (C=O) groups excluding carboxylic acids is 2. The Morgan fingerprint density at radius 1 is 1.09 bits per heavy atom. The molecule has 2 aliphatic rings. The van der Waals surface area contributed by atoms with Crippen molar-refractivity contribution in [3.8, 4) is 0 Å². The Labute approximate surface area is 133 Å². The number of nitrogens with one attached hydrogen (secondary N) is 1. The van der Waals surface area contributed by atoms with Gasteiger partial charge in [-0.05, 0) is 40.5 Å². The van der Waals surface area contributed by atoms with Crippen molar-refractivity contribution in [1.82, 2.24) is 5.32 Å². The normalized spacial score (nSPS) is 30.3. The van der Waals surface area contributed by atoms with E-state index in [1.54, 1.807) is 0 Å². The summed E-state index contributed by atoms with van der Waals surface area (Å²) in [5, 5.41) is 2.74. The summed E-state index contributed by atoms with van der Waals surface area (Å²) < 4.78 is 11.9. The average molecular weight is 307 g/mol. The third kappa shape index (κ3) is 2.42. The SMILES string of the molecule is CCCC1(CC)C(=O)NC=C(B2OC(C)(C)C(C)(C)O2)C1=O. The lowest BCUT2D eigenvalue weighted by Crippen LogP contribution is -2.51. The molecule has 1 unspecified atom stereocenters. The highest BCUT2D eigenvalue weighted by Gasteiger charge is 2.57. The van der Waals surface area contributed by atoms with Crippen LogP contribution in [0.5, 0.6) is 0 Å². The minimum Gasteiger partial charge on any atom is -0.399 e. The lowest BCUT2D eigenvalue weighted by molar-refractivity contribution is -0.141. The summed E-state index contributed by atoms with van der Waals surface area (Å²) in [5.74, 6) is -0.388. The molecule has 1 N–H and O–H groups in total. The summed E-state index contributed by atoms with van der Waals surface area (Å²) in [6.45, 7) is 11.6. The monoisotopic (exact) mass is 307 g/mol. The molecule has 122 valence electrons. The highest BCUT2D eigenvalue weighted by atomic mass is 16.7. The van der Waals surface area contributed by atoms with Crippen molar-refractivity contribution in [2.75, 3.05) is 0 Å². The molecule has 1 atom stereocenters. The van der Waals surface area contributed by atoms with E-state index >= 15 is 0 Å². The van der Waals surface area contributed by atoms with Gasteiger partial charge in [0.25, 0.3) is 0 Å². The van der Waals surface area contributed by atoms with Crippen LogP contribution < -0.4 is 5.32 Å². The van der Waals surface area contributed by atoms with Gasteiger partial charge >= 0.3 is 7.12 Å². The van der Waals surface area contributed by atoms with Crippen LogP contribution in [0.3, 0.4) is 0 Å². The van der Waals surface area contributed by atoms with Crippen molar-refractivity contribution in [3.05, 3.63) is 11.7 Å². The van der Waals surface area contributed by atoms with Crippen molar-refractivity contribution in [3.63, 3.8) is 0 Å². The molecule has 0 spiro atoms. The second kappa shape index (κ2) is 5.50. The zero-order valence-electron chi connectivity index (χ0n) is 14.4. The van der Waals surface area contributed by atoms with Crippen molar-refractivity contribution >= 4 is 18.8 Å². The Balaban J connectivity index is 2.34. The van der Waals surface area contributed by atoms with Gasteiger partial charge in [-0.2, -0.15) is 0 Å². The van der Waals surface area contributed by atoms with Gasteiger partial charge in [-0.15, -0.1) is 0 Å². The van der Waals surface area contributed by atoms with Gasteiger partial charge in [0.1, 0.15) is 5.41 Å². The van der Waals surface area contributed by atoms with Gasteiger partial charge in [0.2, 0.25) is 5.91 Å². The van der Waals surface area contributed by atoms with E-state index in [4.69, 9.17) is 9.31 Å². The van der Waals surface area contributed by atoms with Gasteiger partial charge in [-0.3, -0.25) is 9.59 Å². The second-order valence-electron chi connectivity index (χ2n) is 7.18. The molecule has 2 aliphatic heterocycles. The lowest BCUT2D eigenvalue weighted by Gasteiger charge is -2.33. The zero-order valence-corrected chi connectivity index (χ0v) is 14.4. The molecule has 1 amide bonds. The molecule has 1 fully saturated rings. The first-order valence-electron chi connectivity index (χ1n) is 8.03. The molecule has 0 aliphatic carbocycles. The Morgan fingerprint density at radius 3 is 2.09 bits per heavy atom. The van der Waals surface area contributed by atoms with Crippen LogP contribution >= 0.6 is 0 Å². The number of hydrogen-bond acceptors (Lipinski definition) is 4. The van der Waals surface area contributed by atoms with Crippen molar-refractivity contribution in [2.45, 2.75) is 72.0 Å². The largest absolute Gasteiger partial charge is 0.500 e. The maximum atomic E-state index is 13.0. The van der Waals surface area contributed by atoms with Gasteiger partial charge in [-0.25, -0.2) is 0 Å². The molecule has 5 nitrogen and oxygen atoms in total. The Kier molecular flexibility index (Phi) is 4.30. The fourth-order valence-corrected chi connectivity index (χ4v) is 3.02. The summed E-state index contributed by atoms with van der Waals surface area (Å²) in [7, 11) is -0.735. The molecule has 22 heavy (non-hydrogen) atoms. The fraction of sp³-hybridized carbons (Fsp3) is 0.750. The van der Waals surface area contributed by atoms with E-state index < -0.39 is 23.7 Å². The molecule has 0 radical (unpaired) electrons. The van der Waals surface area contributed by atoms with Crippen LogP contribution in [-0.2, 0) is 18.9 Å². The molecule has 6 heteroatoms. The first-order chi connectivity index (χ1) is 10.1. The molecule has 2 rings (SSSR count). The molecule has 0 aromatic heterocycles. The summed E-state index contributed by atoms with van der Waals surface area (Å²) in [4.78, 5) is 25.3. The quantitative estimate of drug-likeness (QED) is 0.640. The van der Waals surface area contributed by atoms with Crippen LogP contribution in [0, 0.1) is 5.41 Å². The smallest absolute Gasteiger partial charge is 0.399 e. The molecule has 0 aromatic rings. The minimum absolute atomic E-state index is 0.167. The van der Waals surface area contributed by atoms with E-state index in [1.165, 1.54) is 6.20 Å². The third-order valence-electron chi connectivity index (χ3n) is 5.28. The molecule has 1 saturated heterocycles. The first kappa shape index (κ1) is 17.2. The molecular weight excluding hydrogens is 281 g/mol. The minimum atomic E-state index is -0.998. The predicted molar refractivity (Wildman–Crippen MR) is 84.9 cm³/mol. The van der Waals surface area contributed by atoms with Gasteiger partial charge in [0, 0.05) is 11.7 Å². The molecular formula is C16H26BNO4. The first-order valence-corrected chi connectivity index (χ1v) is 8.03. The van der Waals surface area contributed by atoms with Crippen LogP contribution in [0.4, 0.5) is 0 Å². The number of amides is 1. The maximum Gasteiger partial charge on any atom is 0.500 e. The van der Waals surface area contributed by atoms with Gasteiger partial charge in [0.15, 0.2) is 5.78 Å². The van der Waals surface area contributed by atoms with Crippen molar-refractivity contribution in [2.24, 2.45) is 5.41 Å². The third-order valence-corrected chi connectivity index (χ3v) is 5.28. The lowest BCUT2D eigenvalue weighted by atomic mass is 9.63. The number of rotatable bonds is 4. The fourth-order valence-electron chi connectivity index (χ4n) is 3.02. The number of hydrogen-bond donors (Lipinski definition) is 1. The second-order valence-corrected chi connectivity index (χ2v) is 7.18. The summed E-state index contributed by atoms with van der Waals surface area (Å²) in [6.07, 6.45) is 3.23. The molecule has 2 heterocycles. The Bertz CT molecular complexity index is 510. The summed E-state index contributed by atoms with van der Waals surface area (Å²) in [6, 6.07) is 0. The van der Waals surface area contributed by atoms with E-state index in [0.717, 1.165) is 6.42 Å². The molecule has 0 saturated carbocycles. The van der Waals surface area contributed by atoms with Gasteiger partial charge in [0.05, 0.1) is 11.2 Å². The summed E-state index contributed by atoms with van der Waals surface area (Å²) >= 11 is 0. The zero-order chi connectivity index (χ0) is 16.8. The standard InChI is InChI=1S/C16H26BNO4/c1-7-9-16(8-2)12(19)11(10-18-13(16)20)17-21-14(3,4)15(5,6)22-17/h10H,7-9H2,1-6H3,(H,18,20). The topological polar surface area (TPSA) is 64.6 Å². The molecule has 0 aromatic carbocycles. The van der Waals surface area contributed by atoms with Crippen LogP contribution in [-0.4, -0.2) is 30.0 Å². The van der Waals surface area contributed by atoms with Crippen molar-refractivity contribution in [1.29, 1.82) is 0 Å². The van der Waals surface area contributed by atoms with E-state index in [9.17, 15) is 9.59 Å². The number of carbonyl (C=O) groups is 2. The van der Waals surface area contributed by atoms with Crippen LogP contribution in [0.25, 0.3) is 0 Å². The predicted octanol–water partition coefficient (Wildman–Crippen LogP) is 2.40.